The van der Waals surface area contributed by atoms with E-state index in [0.717, 1.165) is 23.9 Å². The molecule has 0 amide bonds. The number of aliphatic hydroxyl groups is 1. The SMILES string of the molecule is OC[C@@H]1CC[C@H](n2cnc3ccnc(Cl)c32)O1. The van der Waals surface area contributed by atoms with Crippen LogP contribution >= 0.6 is 11.6 Å². The van der Waals surface area contributed by atoms with Gasteiger partial charge in [-0.2, -0.15) is 0 Å². The Kier molecular flexibility index (Phi) is 2.74. The molecule has 5 nitrogen and oxygen atoms in total. The van der Waals surface area contributed by atoms with E-state index < -0.39 is 0 Å². The molecule has 1 aliphatic heterocycles. The van der Waals surface area contributed by atoms with Crippen molar-refractivity contribution in [2.45, 2.75) is 25.2 Å². The van der Waals surface area contributed by atoms with Gasteiger partial charge in [0.1, 0.15) is 11.7 Å². The van der Waals surface area contributed by atoms with Gasteiger partial charge in [-0.25, -0.2) is 9.97 Å². The van der Waals surface area contributed by atoms with Gasteiger partial charge in [0, 0.05) is 6.20 Å². The first kappa shape index (κ1) is 11.0. The fourth-order valence-electron chi connectivity index (χ4n) is 2.19. The fourth-order valence-corrected chi connectivity index (χ4v) is 2.44. The van der Waals surface area contributed by atoms with E-state index in [1.165, 1.54) is 0 Å². The molecule has 90 valence electrons. The first-order valence-electron chi connectivity index (χ1n) is 5.53. The Morgan fingerprint density at radius 3 is 3.12 bits per heavy atom. The molecule has 2 aromatic rings. The third-order valence-corrected chi connectivity index (χ3v) is 3.31. The number of aromatic nitrogens is 3. The molecular formula is C11H12ClN3O2. The summed E-state index contributed by atoms with van der Waals surface area (Å²) in [6.07, 6.45) is 4.84. The van der Waals surface area contributed by atoms with Crippen LogP contribution in [-0.4, -0.2) is 32.4 Å². The highest BCUT2D eigenvalue weighted by atomic mass is 35.5. The van der Waals surface area contributed by atoms with Gasteiger partial charge >= 0.3 is 0 Å². The Morgan fingerprint density at radius 1 is 1.47 bits per heavy atom. The van der Waals surface area contributed by atoms with Crippen molar-refractivity contribution >= 4 is 22.6 Å². The number of fused-ring (bicyclic) bond motifs is 1. The van der Waals surface area contributed by atoms with E-state index in [9.17, 15) is 0 Å². The summed E-state index contributed by atoms with van der Waals surface area (Å²) in [5.41, 5.74) is 1.60. The van der Waals surface area contributed by atoms with Crippen molar-refractivity contribution in [2.24, 2.45) is 0 Å². The van der Waals surface area contributed by atoms with Gasteiger partial charge in [0.2, 0.25) is 0 Å². The number of hydrogen-bond donors (Lipinski definition) is 1. The second kappa shape index (κ2) is 4.25. The third kappa shape index (κ3) is 1.80. The summed E-state index contributed by atoms with van der Waals surface area (Å²) in [5, 5.41) is 9.49. The zero-order valence-corrected chi connectivity index (χ0v) is 9.84. The van der Waals surface area contributed by atoms with E-state index in [4.69, 9.17) is 21.4 Å². The number of imidazole rings is 1. The molecule has 1 N–H and O–H groups in total. The Balaban J connectivity index is 2.01. The molecule has 3 heterocycles. The van der Waals surface area contributed by atoms with E-state index in [2.05, 4.69) is 9.97 Å². The second-order valence-electron chi connectivity index (χ2n) is 4.09. The topological polar surface area (TPSA) is 60.2 Å². The average molecular weight is 254 g/mol. The van der Waals surface area contributed by atoms with Crippen molar-refractivity contribution < 1.29 is 9.84 Å². The number of aliphatic hydroxyl groups excluding tert-OH is 1. The van der Waals surface area contributed by atoms with Gasteiger partial charge in [0.15, 0.2) is 5.15 Å². The Labute approximate surface area is 103 Å². The van der Waals surface area contributed by atoms with Crippen molar-refractivity contribution in [1.29, 1.82) is 0 Å². The van der Waals surface area contributed by atoms with E-state index >= 15 is 0 Å². The Hall–Kier alpha value is -1.17. The lowest BCUT2D eigenvalue weighted by atomic mass is 10.2. The van der Waals surface area contributed by atoms with Crippen molar-refractivity contribution in [3.05, 3.63) is 23.7 Å². The molecule has 0 saturated carbocycles. The molecule has 2 aromatic heterocycles. The summed E-state index contributed by atoms with van der Waals surface area (Å²) < 4.78 is 7.59. The second-order valence-corrected chi connectivity index (χ2v) is 4.45. The fraction of sp³-hybridized carbons (Fsp3) is 0.455. The maximum absolute atomic E-state index is 9.06. The summed E-state index contributed by atoms with van der Waals surface area (Å²) in [6, 6.07) is 1.82. The molecule has 0 aromatic carbocycles. The summed E-state index contributed by atoms with van der Waals surface area (Å²) in [6.45, 7) is 0.0507. The number of halogens is 1. The molecule has 0 aliphatic carbocycles. The minimum absolute atomic E-state index is 0.0507. The molecule has 0 radical (unpaired) electrons. The van der Waals surface area contributed by atoms with E-state index in [0.29, 0.717) is 5.15 Å². The summed E-state index contributed by atoms with van der Waals surface area (Å²) >= 11 is 6.08. The quantitative estimate of drug-likeness (QED) is 0.829. The highest BCUT2D eigenvalue weighted by Gasteiger charge is 2.27. The molecule has 1 aliphatic rings. The van der Waals surface area contributed by atoms with Gasteiger partial charge in [-0.05, 0) is 18.9 Å². The lowest BCUT2D eigenvalue weighted by Crippen LogP contribution is -2.14. The molecule has 0 spiro atoms. The van der Waals surface area contributed by atoms with Crippen LogP contribution in [0.3, 0.4) is 0 Å². The van der Waals surface area contributed by atoms with Crippen LogP contribution in [0.25, 0.3) is 11.0 Å². The van der Waals surface area contributed by atoms with Crippen molar-refractivity contribution in [2.75, 3.05) is 6.61 Å². The Morgan fingerprint density at radius 2 is 2.35 bits per heavy atom. The molecular weight excluding hydrogens is 242 g/mol. The first-order chi connectivity index (χ1) is 8.29. The van der Waals surface area contributed by atoms with Crippen molar-refractivity contribution in [3.8, 4) is 0 Å². The van der Waals surface area contributed by atoms with E-state index in [1.807, 2.05) is 10.6 Å². The van der Waals surface area contributed by atoms with Crippen LogP contribution in [0.4, 0.5) is 0 Å². The molecule has 3 rings (SSSR count). The maximum atomic E-state index is 9.06. The molecule has 6 heteroatoms. The lowest BCUT2D eigenvalue weighted by molar-refractivity contribution is -0.0205. The minimum Gasteiger partial charge on any atom is -0.394 e. The minimum atomic E-state index is -0.112. The molecule has 0 unspecified atom stereocenters. The van der Waals surface area contributed by atoms with Gasteiger partial charge in [-0.1, -0.05) is 11.6 Å². The Bertz CT molecular complexity index is 542. The van der Waals surface area contributed by atoms with E-state index in [-0.39, 0.29) is 18.9 Å². The largest absolute Gasteiger partial charge is 0.394 e. The standard InChI is InChI=1S/C11H12ClN3O2/c12-11-10-8(3-4-13-11)14-6-15(10)9-2-1-7(5-16)17-9/h3-4,6-7,9,16H,1-2,5H2/t7-,9+/m0/s1. The number of ether oxygens (including phenoxy) is 1. The van der Waals surface area contributed by atoms with E-state index in [1.54, 1.807) is 12.5 Å². The number of nitrogens with zero attached hydrogens (tertiary/aromatic N) is 3. The monoisotopic (exact) mass is 253 g/mol. The number of hydrogen-bond acceptors (Lipinski definition) is 4. The van der Waals surface area contributed by atoms with Gasteiger partial charge in [0.05, 0.1) is 24.6 Å². The maximum Gasteiger partial charge on any atom is 0.154 e. The van der Waals surface area contributed by atoms with Gasteiger partial charge in [-0.15, -0.1) is 0 Å². The van der Waals surface area contributed by atoms with Crippen LogP contribution < -0.4 is 0 Å². The third-order valence-electron chi connectivity index (χ3n) is 3.04. The normalized spacial score (nSPS) is 24.6. The molecule has 1 fully saturated rings. The molecule has 2 atom stereocenters. The smallest absolute Gasteiger partial charge is 0.154 e. The van der Waals surface area contributed by atoms with Gasteiger partial charge in [-0.3, -0.25) is 0 Å². The highest BCUT2D eigenvalue weighted by Crippen LogP contribution is 2.32. The zero-order valence-electron chi connectivity index (χ0n) is 9.08. The predicted octanol–water partition coefficient (Wildman–Crippen LogP) is 1.75. The van der Waals surface area contributed by atoms with Crippen molar-refractivity contribution in [3.63, 3.8) is 0 Å². The zero-order chi connectivity index (χ0) is 11.8. The number of rotatable bonds is 2. The summed E-state index contributed by atoms with van der Waals surface area (Å²) in [5.74, 6) is 0. The van der Waals surface area contributed by atoms with Gasteiger partial charge in [0.25, 0.3) is 0 Å². The molecule has 1 saturated heterocycles. The summed E-state index contributed by atoms with van der Waals surface area (Å²) in [7, 11) is 0. The van der Waals surface area contributed by atoms with Crippen molar-refractivity contribution in [1.82, 2.24) is 14.5 Å². The van der Waals surface area contributed by atoms with Crippen LogP contribution in [0.15, 0.2) is 18.6 Å². The van der Waals surface area contributed by atoms with Crippen LogP contribution in [-0.2, 0) is 4.74 Å². The van der Waals surface area contributed by atoms with Gasteiger partial charge < -0.3 is 14.4 Å². The number of pyridine rings is 1. The van der Waals surface area contributed by atoms with Crippen LogP contribution in [0, 0.1) is 0 Å². The predicted molar refractivity (Wildman–Crippen MR) is 62.8 cm³/mol. The lowest BCUT2D eigenvalue weighted by Gasteiger charge is -2.14. The van der Waals surface area contributed by atoms with Crippen LogP contribution in [0.2, 0.25) is 5.15 Å². The average Bonchev–Trinajstić information content (AvgIpc) is 2.94. The van der Waals surface area contributed by atoms with Crippen LogP contribution in [0.1, 0.15) is 19.1 Å². The highest BCUT2D eigenvalue weighted by molar-refractivity contribution is 6.33. The molecule has 17 heavy (non-hydrogen) atoms. The summed E-state index contributed by atoms with van der Waals surface area (Å²) in [4.78, 5) is 8.32. The van der Waals surface area contributed by atoms with Crippen LogP contribution in [0.5, 0.6) is 0 Å². The first-order valence-corrected chi connectivity index (χ1v) is 5.90. The molecule has 0 bridgehead atoms.